The van der Waals surface area contributed by atoms with E-state index >= 15 is 0 Å². The quantitative estimate of drug-likeness (QED) is 0.581. The Morgan fingerprint density at radius 2 is 1.94 bits per heavy atom. The molecule has 3 aromatic rings. The van der Waals surface area contributed by atoms with Crippen LogP contribution in [-0.4, -0.2) is 47.1 Å². The highest BCUT2D eigenvalue weighted by Crippen LogP contribution is 2.34. The van der Waals surface area contributed by atoms with E-state index in [9.17, 15) is 9.59 Å². The number of anilines is 1. The normalized spacial score (nSPS) is 12.8. The minimum Gasteiger partial charge on any atom is -0.389 e. The number of likely N-dealkylation sites (N-methyl/N-ethyl adjacent to an activating group) is 1. The molecular formula is C24H26N4O3. The molecule has 0 aliphatic carbocycles. The van der Waals surface area contributed by atoms with Crippen molar-refractivity contribution in [2.45, 2.75) is 25.8 Å². The minimum absolute atomic E-state index is 0.205. The summed E-state index contributed by atoms with van der Waals surface area (Å²) in [4.78, 5) is 33.6. The fraction of sp³-hybridized carbons (Fsp3) is 0.292. The van der Waals surface area contributed by atoms with Crippen molar-refractivity contribution in [1.82, 2.24) is 14.5 Å². The van der Waals surface area contributed by atoms with E-state index in [0.29, 0.717) is 30.4 Å². The number of carbonyl (C=O) groups is 2. The second kappa shape index (κ2) is 8.63. The van der Waals surface area contributed by atoms with Crippen LogP contribution in [0.15, 0.2) is 55.1 Å². The van der Waals surface area contributed by atoms with Crippen LogP contribution in [0.2, 0.25) is 0 Å². The van der Waals surface area contributed by atoms with Gasteiger partial charge in [0.2, 0.25) is 5.88 Å². The van der Waals surface area contributed by atoms with Crippen LogP contribution in [-0.2, 0) is 13.0 Å². The van der Waals surface area contributed by atoms with Crippen molar-refractivity contribution in [3.63, 3.8) is 0 Å². The van der Waals surface area contributed by atoms with Crippen molar-refractivity contribution in [3.8, 4) is 5.88 Å². The zero-order valence-corrected chi connectivity index (χ0v) is 17.9. The summed E-state index contributed by atoms with van der Waals surface area (Å²) in [5, 5.41) is 1.86. The van der Waals surface area contributed by atoms with Gasteiger partial charge in [0.1, 0.15) is 5.82 Å². The van der Waals surface area contributed by atoms with Crippen molar-refractivity contribution in [2.24, 2.45) is 0 Å². The first-order chi connectivity index (χ1) is 15.0. The van der Waals surface area contributed by atoms with E-state index < -0.39 is 6.09 Å². The Balaban J connectivity index is 1.72. The molecule has 160 valence electrons. The maximum absolute atomic E-state index is 13.5. The molecule has 1 aliphatic rings. The first-order valence-electron chi connectivity index (χ1n) is 10.4. The zero-order chi connectivity index (χ0) is 22.0. The lowest BCUT2D eigenvalue weighted by atomic mass is 10.0. The van der Waals surface area contributed by atoms with Crippen LogP contribution in [0.1, 0.15) is 29.0 Å². The van der Waals surface area contributed by atoms with Crippen molar-refractivity contribution >= 4 is 28.6 Å². The summed E-state index contributed by atoms with van der Waals surface area (Å²) in [6.07, 6.45) is 3.88. The lowest BCUT2D eigenvalue weighted by Gasteiger charge is -2.21. The molecule has 0 unspecified atom stereocenters. The van der Waals surface area contributed by atoms with E-state index in [-0.39, 0.29) is 5.91 Å². The summed E-state index contributed by atoms with van der Waals surface area (Å²) in [7, 11) is 3.31. The van der Waals surface area contributed by atoms with Gasteiger partial charge in [0.05, 0.1) is 0 Å². The van der Waals surface area contributed by atoms with E-state index in [1.165, 1.54) is 9.80 Å². The molecule has 1 aliphatic heterocycles. The Kier molecular flexibility index (Phi) is 5.75. The summed E-state index contributed by atoms with van der Waals surface area (Å²) in [5.74, 6) is 1.29. The molecule has 4 rings (SSSR count). The van der Waals surface area contributed by atoms with Gasteiger partial charge in [0.25, 0.3) is 5.91 Å². The largest absolute Gasteiger partial charge is 0.416 e. The van der Waals surface area contributed by atoms with Gasteiger partial charge in [-0.3, -0.25) is 14.3 Å². The van der Waals surface area contributed by atoms with Gasteiger partial charge < -0.3 is 9.64 Å². The average molecular weight is 418 g/mol. The number of nitrogens with zero attached hydrogens (tertiary/aromatic N) is 4. The van der Waals surface area contributed by atoms with E-state index in [1.54, 1.807) is 26.2 Å². The molecule has 2 heterocycles. The smallest absolute Gasteiger partial charge is 0.389 e. The molecule has 0 bridgehead atoms. The third-order valence-electron chi connectivity index (χ3n) is 5.56. The van der Waals surface area contributed by atoms with Crippen LogP contribution in [0, 0.1) is 0 Å². The number of fused-ring (bicyclic) bond motifs is 2. The molecule has 2 amide bonds. The summed E-state index contributed by atoms with van der Waals surface area (Å²) in [6.45, 7) is 4.72. The molecule has 1 aromatic heterocycles. The predicted octanol–water partition coefficient (Wildman–Crippen LogP) is 4.27. The number of hydrogen-bond donors (Lipinski definition) is 0. The molecule has 0 saturated carbocycles. The summed E-state index contributed by atoms with van der Waals surface area (Å²) in [5.41, 5.74) is 0.577. The number of aryl methyl sites for hydroxylation is 1. The topological polar surface area (TPSA) is 67.7 Å². The second-order valence-corrected chi connectivity index (χ2v) is 7.69. The summed E-state index contributed by atoms with van der Waals surface area (Å²) < 4.78 is 7.65. The van der Waals surface area contributed by atoms with Gasteiger partial charge in [0, 0.05) is 39.2 Å². The van der Waals surface area contributed by atoms with Crippen LogP contribution in [0.5, 0.6) is 5.88 Å². The lowest BCUT2D eigenvalue weighted by molar-refractivity contribution is 0.0992. The van der Waals surface area contributed by atoms with Gasteiger partial charge in [-0.05, 0) is 29.7 Å². The van der Waals surface area contributed by atoms with E-state index in [4.69, 9.17) is 4.74 Å². The van der Waals surface area contributed by atoms with E-state index in [1.807, 2.05) is 41.0 Å². The van der Waals surface area contributed by atoms with E-state index in [2.05, 4.69) is 11.6 Å². The Hall–Kier alpha value is -3.61. The van der Waals surface area contributed by atoms with Crippen LogP contribution < -0.4 is 9.64 Å². The van der Waals surface area contributed by atoms with Gasteiger partial charge in [0.15, 0.2) is 5.82 Å². The molecule has 7 heteroatoms. The molecular weight excluding hydrogens is 392 g/mol. The van der Waals surface area contributed by atoms with Crippen molar-refractivity contribution in [3.05, 3.63) is 66.5 Å². The number of imidazole rings is 1. The monoisotopic (exact) mass is 418 g/mol. The first kappa shape index (κ1) is 20.7. The van der Waals surface area contributed by atoms with Gasteiger partial charge in [-0.25, -0.2) is 9.78 Å². The lowest BCUT2D eigenvalue weighted by Crippen LogP contribution is -2.32. The summed E-state index contributed by atoms with van der Waals surface area (Å²) in [6, 6.07) is 13.4. The van der Waals surface area contributed by atoms with Gasteiger partial charge in [-0.2, -0.15) is 0 Å². The number of hydrogen-bond acceptors (Lipinski definition) is 4. The van der Waals surface area contributed by atoms with Crippen LogP contribution in [0.3, 0.4) is 0 Å². The number of rotatable bonds is 5. The van der Waals surface area contributed by atoms with E-state index in [0.717, 1.165) is 35.9 Å². The summed E-state index contributed by atoms with van der Waals surface area (Å²) >= 11 is 0. The average Bonchev–Trinajstić information content (AvgIpc) is 3.16. The maximum Gasteiger partial charge on any atom is 0.416 e. The van der Waals surface area contributed by atoms with Gasteiger partial charge >= 0.3 is 6.09 Å². The third-order valence-corrected chi connectivity index (χ3v) is 5.56. The van der Waals surface area contributed by atoms with Crippen LogP contribution in [0.4, 0.5) is 10.6 Å². The molecule has 0 N–H and O–H groups in total. The molecule has 0 saturated heterocycles. The fourth-order valence-electron chi connectivity index (χ4n) is 3.88. The molecule has 2 aromatic carbocycles. The first-order valence-corrected chi connectivity index (χ1v) is 10.4. The highest BCUT2D eigenvalue weighted by Gasteiger charge is 2.29. The number of benzene rings is 2. The van der Waals surface area contributed by atoms with Crippen LogP contribution >= 0.6 is 0 Å². The Morgan fingerprint density at radius 3 is 2.74 bits per heavy atom. The molecule has 0 atom stereocenters. The van der Waals surface area contributed by atoms with Gasteiger partial charge in [-0.15, -0.1) is 6.58 Å². The van der Waals surface area contributed by atoms with Crippen LogP contribution in [0.25, 0.3) is 10.8 Å². The molecule has 0 spiro atoms. The number of aromatic nitrogens is 2. The second-order valence-electron chi connectivity index (χ2n) is 7.69. The Morgan fingerprint density at radius 1 is 1.16 bits per heavy atom. The zero-order valence-electron chi connectivity index (χ0n) is 17.9. The highest BCUT2D eigenvalue weighted by molar-refractivity contribution is 6.14. The fourth-order valence-corrected chi connectivity index (χ4v) is 3.88. The van der Waals surface area contributed by atoms with Gasteiger partial charge in [-0.1, -0.05) is 42.5 Å². The number of ether oxygens (including phenoxy) is 1. The Bertz CT molecular complexity index is 1150. The molecule has 0 fully saturated rings. The number of carbonyl (C=O) groups excluding carboxylic acids is 2. The minimum atomic E-state index is -0.513. The molecule has 7 nitrogen and oxygen atoms in total. The third kappa shape index (κ3) is 3.91. The highest BCUT2D eigenvalue weighted by atomic mass is 16.6. The predicted molar refractivity (Wildman–Crippen MR) is 121 cm³/mol. The van der Waals surface area contributed by atoms with Crippen molar-refractivity contribution in [1.29, 1.82) is 0 Å². The Labute approximate surface area is 181 Å². The SMILES string of the molecule is C=CCN(C)C(=O)Oc1c(N(C)C(=O)c2cccc3ccccc23)nc2n1CCCC2. The maximum atomic E-state index is 13.5. The molecule has 0 radical (unpaired) electrons. The van der Waals surface area contributed by atoms with Crippen molar-refractivity contribution in [2.75, 3.05) is 25.5 Å². The molecule has 31 heavy (non-hydrogen) atoms. The standard InChI is InChI=1S/C24H26N4O3/c1-4-15-26(2)24(30)31-23-21(25-20-14-7-8-16-28(20)23)27(3)22(29)19-13-9-11-17-10-5-6-12-18(17)19/h4-6,9-13H,1,7-8,14-16H2,2-3H3. The van der Waals surface area contributed by atoms with Crippen molar-refractivity contribution < 1.29 is 14.3 Å². The number of amides is 2.